The number of aromatic nitrogens is 4. The highest BCUT2D eigenvalue weighted by Crippen LogP contribution is 2.38. The van der Waals surface area contributed by atoms with Crippen molar-refractivity contribution in [1.82, 2.24) is 30.0 Å². The average molecular weight is 394 g/mol. The van der Waals surface area contributed by atoms with Gasteiger partial charge in [0, 0.05) is 38.5 Å². The molecule has 4 atom stereocenters. The number of carbonyl (C=O) groups excluding carboxylic acids is 2. The number of nitrogens with zero attached hydrogens (tertiary/aromatic N) is 6. The van der Waals surface area contributed by atoms with Crippen molar-refractivity contribution in [2.24, 2.45) is 11.8 Å². The predicted octanol–water partition coefficient (Wildman–Crippen LogP) is 1.32. The zero-order valence-electron chi connectivity index (χ0n) is 16.4. The lowest BCUT2D eigenvalue weighted by atomic mass is 9.76. The molecule has 29 heavy (non-hydrogen) atoms. The Morgan fingerprint density at radius 3 is 2.83 bits per heavy atom. The zero-order valence-corrected chi connectivity index (χ0v) is 16.4. The summed E-state index contributed by atoms with van der Waals surface area (Å²) >= 11 is 0. The summed E-state index contributed by atoms with van der Waals surface area (Å²) in [5, 5.41) is 11.5. The summed E-state index contributed by atoms with van der Waals surface area (Å²) in [7, 11) is 0. The maximum absolute atomic E-state index is 13.6. The Morgan fingerprint density at radius 1 is 1.17 bits per heavy atom. The standard InChI is InChI=1S/C21H26N6O2/c28-20-8-4-7-18-17-9-16(12-26(18)20)11-25(13-17)21(29)19(27-14-22-23-24-27)10-15-5-2-1-3-6-15/h1-3,5-6,14,16-19H,4,7-13H2/t16-,17+,18+,19+/m1/s1. The van der Waals surface area contributed by atoms with Gasteiger partial charge in [-0.15, -0.1) is 5.10 Å². The molecule has 0 aliphatic carbocycles. The minimum atomic E-state index is -0.449. The highest BCUT2D eigenvalue weighted by atomic mass is 16.2. The van der Waals surface area contributed by atoms with Gasteiger partial charge in [0.15, 0.2) is 0 Å². The van der Waals surface area contributed by atoms with Gasteiger partial charge in [-0.05, 0) is 47.1 Å². The molecule has 3 fully saturated rings. The number of hydrogen-bond acceptors (Lipinski definition) is 5. The van der Waals surface area contributed by atoms with E-state index in [1.165, 1.54) is 6.33 Å². The van der Waals surface area contributed by atoms with Crippen LogP contribution in [0.2, 0.25) is 0 Å². The molecule has 0 radical (unpaired) electrons. The Labute approximate surface area is 169 Å². The van der Waals surface area contributed by atoms with Crippen LogP contribution in [-0.2, 0) is 16.0 Å². The normalized spacial score (nSPS) is 27.4. The smallest absolute Gasteiger partial charge is 0.247 e. The molecule has 8 nitrogen and oxygen atoms in total. The first-order valence-electron chi connectivity index (χ1n) is 10.5. The van der Waals surface area contributed by atoms with Gasteiger partial charge in [0.1, 0.15) is 12.4 Å². The van der Waals surface area contributed by atoms with E-state index in [9.17, 15) is 9.59 Å². The molecule has 0 spiro atoms. The Kier molecular flexibility index (Phi) is 4.77. The van der Waals surface area contributed by atoms with E-state index in [0.29, 0.717) is 43.2 Å². The largest absolute Gasteiger partial charge is 0.340 e. The fourth-order valence-corrected chi connectivity index (χ4v) is 5.44. The van der Waals surface area contributed by atoms with E-state index in [0.717, 1.165) is 37.9 Å². The Bertz CT molecular complexity index is 871. The quantitative estimate of drug-likeness (QED) is 0.781. The topological polar surface area (TPSA) is 84.2 Å². The van der Waals surface area contributed by atoms with Gasteiger partial charge in [0.25, 0.3) is 0 Å². The summed E-state index contributed by atoms with van der Waals surface area (Å²) in [6.45, 7) is 2.22. The summed E-state index contributed by atoms with van der Waals surface area (Å²) in [6.07, 6.45) is 5.91. The average Bonchev–Trinajstić information content (AvgIpc) is 3.27. The van der Waals surface area contributed by atoms with Crippen LogP contribution in [0.5, 0.6) is 0 Å². The Morgan fingerprint density at radius 2 is 2.03 bits per heavy atom. The minimum absolute atomic E-state index is 0.0754. The van der Waals surface area contributed by atoms with Crippen molar-refractivity contribution in [2.45, 2.75) is 44.2 Å². The number of tetrazole rings is 1. The molecule has 152 valence electrons. The molecule has 0 N–H and O–H groups in total. The molecule has 1 aromatic heterocycles. The third-order valence-electron chi connectivity index (χ3n) is 6.73. The van der Waals surface area contributed by atoms with Gasteiger partial charge in [-0.25, -0.2) is 4.68 Å². The third-order valence-corrected chi connectivity index (χ3v) is 6.73. The lowest BCUT2D eigenvalue weighted by molar-refractivity contribution is -0.150. The van der Waals surface area contributed by atoms with E-state index in [1.807, 2.05) is 35.2 Å². The van der Waals surface area contributed by atoms with Crippen molar-refractivity contribution in [3.63, 3.8) is 0 Å². The van der Waals surface area contributed by atoms with Crippen LogP contribution in [0, 0.1) is 11.8 Å². The summed E-state index contributed by atoms with van der Waals surface area (Å²) < 4.78 is 1.58. The fourth-order valence-electron chi connectivity index (χ4n) is 5.44. The van der Waals surface area contributed by atoms with Crippen LogP contribution in [-0.4, -0.2) is 67.5 Å². The maximum Gasteiger partial charge on any atom is 0.247 e. The van der Waals surface area contributed by atoms with Gasteiger partial charge < -0.3 is 9.80 Å². The van der Waals surface area contributed by atoms with Crippen molar-refractivity contribution >= 4 is 11.8 Å². The first kappa shape index (κ1) is 18.3. The van der Waals surface area contributed by atoms with E-state index < -0.39 is 6.04 Å². The number of carbonyl (C=O) groups is 2. The van der Waals surface area contributed by atoms with E-state index in [4.69, 9.17) is 0 Å². The molecule has 2 aromatic rings. The summed E-state index contributed by atoms with van der Waals surface area (Å²) in [4.78, 5) is 30.1. The van der Waals surface area contributed by atoms with Gasteiger partial charge in [-0.3, -0.25) is 9.59 Å². The second-order valence-corrected chi connectivity index (χ2v) is 8.61. The molecule has 1 aromatic carbocycles. The lowest BCUT2D eigenvalue weighted by Crippen LogP contribution is -2.61. The highest BCUT2D eigenvalue weighted by molar-refractivity contribution is 5.81. The van der Waals surface area contributed by atoms with E-state index in [-0.39, 0.29) is 5.91 Å². The molecule has 0 unspecified atom stereocenters. The Hall–Kier alpha value is -2.77. The van der Waals surface area contributed by atoms with E-state index in [1.54, 1.807) is 4.68 Å². The van der Waals surface area contributed by atoms with Crippen molar-refractivity contribution in [1.29, 1.82) is 0 Å². The molecule has 2 amide bonds. The monoisotopic (exact) mass is 394 g/mol. The summed E-state index contributed by atoms with van der Waals surface area (Å²) in [6, 6.07) is 9.84. The molecule has 5 rings (SSSR count). The Balaban J connectivity index is 1.36. The number of hydrogen-bond donors (Lipinski definition) is 0. The summed E-state index contributed by atoms with van der Waals surface area (Å²) in [5.74, 6) is 1.11. The van der Waals surface area contributed by atoms with Crippen LogP contribution >= 0.6 is 0 Å². The molecule has 2 bridgehead atoms. The van der Waals surface area contributed by atoms with Crippen molar-refractivity contribution in [2.75, 3.05) is 19.6 Å². The van der Waals surface area contributed by atoms with Gasteiger partial charge in [-0.1, -0.05) is 30.3 Å². The SMILES string of the molecule is O=C([C@H](Cc1ccccc1)n1cnnn1)N1C[C@H]2C[C@@H](C1)[C@@H]1CCCC(=O)N1C2. The first-order valence-corrected chi connectivity index (χ1v) is 10.5. The van der Waals surface area contributed by atoms with Crippen LogP contribution in [0.3, 0.4) is 0 Å². The molecule has 3 saturated heterocycles. The first-order chi connectivity index (χ1) is 14.2. The van der Waals surface area contributed by atoms with E-state index in [2.05, 4.69) is 20.4 Å². The predicted molar refractivity (Wildman–Crippen MR) is 105 cm³/mol. The number of likely N-dealkylation sites (tertiary alicyclic amines) is 1. The van der Waals surface area contributed by atoms with Crippen molar-refractivity contribution in [3.8, 4) is 0 Å². The number of benzene rings is 1. The molecular formula is C21H26N6O2. The second kappa shape index (κ2) is 7.57. The van der Waals surface area contributed by atoms with Crippen LogP contribution in [0.4, 0.5) is 0 Å². The third kappa shape index (κ3) is 3.52. The molecule has 0 saturated carbocycles. The number of piperidine rings is 3. The number of rotatable bonds is 4. The lowest BCUT2D eigenvalue weighted by Gasteiger charge is -2.52. The molecular weight excluding hydrogens is 368 g/mol. The minimum Gasteiger partial charge on any atom is -0.340 e. The zero-order chi connectivity index (χ0) is 19.8. The molecule has 8 heteroatoms. The molecule has 3 aliphatic rings. The van der Waals surface area contributed by atoms with Crippen LogP contribution in [0.1, 0.15) is 37.3 Å². The van der Waals surface area contributed by atoms with Gasteiger partial charge in [-0.2, -0.15) is 0 Å². The molecule has 4 heterocycles. The van der Waals surface area contributed by atoms with E-state index >= 15 is 0 Å². The second-order valence-electron chi connectivity index (χ2n) is 8.61. The fraction of sp³-hybridized carbons (Fsp3) is 0.571. The molecule has 3 aliphatic heterocycles. The van der Waals surface area contributed by atoms with Crippen LogP contribution in [0.15, 0.2) is 36.7 Å². The van der Waals surface area contributed by atoms with Crippen LogP contribution in [0.25, 0.3) is 0 Å². The number of amides is 2. The van der Waals surface area contributed by atoms with Gasteiger partial charge in [0.05, 0.1) is 0 Å². The van der Waals surface area contributed by atoms with Crippen LogP contribution < -0.4 is 0 Å². The van der Waals surface area contributed by atoms with Gasteiger partial charge >= 0.3 is 0 Å². The van der Waals surface area contributed by atoms with Gasteiger partial charge in [0.2, 0.25) is 11.8 Å². The summed E-state index contributed by atoms with van der Waals surface area (Å²) in [5.41, 5.74) is 1.09. The highest BCUT2D eigenvalue weighted by Gasteiger charge is 2.45. The maximum atomic E-state index is 13.6. The number of fused-ring (bicyclic) bond motifs is 4. The van der Waals surface area contributed by atoms with Crippen molar-refractivity contribution in [3.05, 3.63) is 42.2 Å². The van der Waals surface area contributed by atoms with Crippen molar-refractivity contribution < 1.29 is 9.59 Å².